The molecule has 3 aromatic rings. The second kappa shape index (κ2) is 8.16. The van der Waals surface area contributed by atoms with Gasteiger partial charge in [0, 0.05) is 54.2 Å². The van der Waals surface area contributed by atoms with E-state index < -0.39 is 0 Å². The fraction of sp³-hybridized carbons (Fsp3) is 0.286. The van der Waals surface area contributed by atoms with Gasteiger partial charge in [0.1, 0.15) is 11.5 Å². The Morgan fingerprint density at radius 2 is 1.58 bits per heavy atom. The van der Waals surface area contributed by atoms with Crippen molar-refractivity contribution in [2.45, 2.75) is 26.3 Å². The molecule has 0 radical (unpaired) electrons. The minimum atomic E-state index is -0.0191. The molecule has 0 aliphatic carbocycles. The molecule has 0 spiro atoms. The molecule has 0 unspecified atom stereocenters. The van der Waals surface area contributed by atoms with E-state index in [-0.39, 0.29) is 5.54 Å². The van der Waals surface area contributed by atoms with Gasteiger partial charge in [-0.05, 0) is 69.3 Å². The van der Waals surface area contributed by atoms with E-state index in [0.29, 0.717) is 0 Å². The molecule has 2 aliphatic rings. The molecule has 5 nitrogen and oxygen atoms in total. The maximum atomic E-state index is 6.37. The van der Waals surface area contributed by atoms with Gasteiger partial charge in [0.25, 0.3) is 0 Å². The van der Waals surface area contributed by atoms with Crippen molar-refractivity contribution >= 4 is 17.1 Å². The lowest BCUT2D eigenvalue weighted by Crippen LogP contribution is -2.49. The Bertz CT molecular complexity index is 1200. The molecule has 5 rings (SSSR count). The van der Waals surface area contributed by atoms with Crippen LogP contribution in [0.2, 0.25) is 0 Å². The van der Waals surface area contributed by atoms with Crippen LogP contribution in [0.4, 0.5) is 17.1 Å². The Balaban J connectivity index is 1.46. The van der Waals surface area contributed by atoms with Crippen molar-refractivity contribution in [3.63, 3.8) is 0 Å². The smallest absolute Gasteiger partial charge is 0.129 e. The van der Waals surface area contributed by atoms with Gasteiger partial charge in [-0.1, -0.05) is 24.3 Å². The zero-order chi connectivity index (χ0) is 23.2. The van der Waals surface area contributed by atoms with Crippen LogP contribution >= 0.6 is 0 Å². The Kier molecular flexibility index (Phi) is 5.29. The minimum Gasteiger partial charge on any atom is -0.457 e. The monoisotopic (exact) mass is 440 g/mol. The molecule has 0 saturated heterocycles. The zero-order valence-electron chi connectivity index (χ0n) is 20.1. The lowest BCUT2D eigenvalue weighted by molar-refractivity contribution is 0.150. The van der Waals surface area contributed by atoms with Gasteiger partial charge in [-0.25, -0.2) is 0 Å². The number of hydrogen-bond acceptors (Lipinski definition) is 5. The van der Waals surface area contributed by atoms with Crippen LogP contribution < -0.4 is 14.5 Å². The molecule has 3 aromatic carbocycles. The number of ether oxygens (including phenoxy) is 1. The molecule has 0 atom stereocenters. The highest BCUT2D eigenvalue weighted by molar-refractivity contribution is 5.71. The molecule has 0 fully saturated rings. The summed E-state index contributed by atoms with van der Waals surface area (Å²) in [5.74, 6) is 1.69. The first-order valence-corrected chi connectivity index (χ1v) is 11.4. The first-order valence-electron chi connectivity index (χ1n) is 11.4. The second-order valence-electron chi connectivity index (χ2n) is 9.61. The van der Waals surface area contributed by atoms with Crippen LogP contribution in [-0.2, 0) is 5.54 Å². The van der Waals surface area contributed by atoms with Crippen LogP contribution in [0, 0.1) is 6.92 Å². The van der Waals surface area contributed by atoms with Crippen LogP contribution in [0.5, 0.6) is 11.5 Å². The van der Waals surface area contributed by atoms with E-state index in [1.54, 1.807) is 0 Å². The summed E-state index contributed by atoms with van der Waals surface area (Å²) in [7, 11) is 4.26. The van der Waals surface area contributed by atoms with Crippen LogP contribution in [0.3, 0.4) is 0 Å². The number of aryl methyl sites for hydroxylation is 1. The molecule has 170 valence electrons. The zero-order valence-corrected chi connectivity index (χ0v) is 20.1. The second-order valence-corrected chi connectivity index (χ2v) is 9.61. The Labute approximate surface area is 197 Å². The van der Waals surface area contributed by atoms with Crippen molar-refractivity contribution in [2.75, 3.05) is 37.2 Å². The van der Waals surface area contributed by atoms with Crippen LogP contribution in [0.1, 0.15) is 25.0 Å². The molecule has 0 aromatic heterocycles. The third-order valence-corrected chi connectivity index (χ3v) is 6.77. The van der Waals surface area contributed by atoms with Gasteiger partial charge in [-0.15, -0.1) is 0 Å². The maximum Gasteiger partial charge on any atom is 0.129 e. The number of nitrogens with zero attached hydrogens (tertiary/aromatic N) is 4. The highest BCUT2D eigenvalue weighted by Gasteiger charge is 2.35. The first kappa shape index (κ1) is 21.4. The fourth-order valence-corrected chi connectivity index (χ4v) is 4.62. The summed E-state index contributed by atoms with van der Waals surface area (Å²) < 4.78 is 6.37. The fourth-order valence-electron chi connectivity index (χ4n) is 4.62. The van der Waals surface area contributed by atoms with Gasteiger partial charge in [-0.3, -0.25) is 4.90 Å². The normalized spacial score (nSPS) is 17.4. The van der Waals surface area contributed by atoms with Crippen molar-refractivity contribution < 1.29 is 4.74 Å². The van der Waals surface area contributed by atoms with Crippen molar-refractivity contribution in [1.82, 2.24) is 9.80 Å². The lowest BCUT2D eigenvalue weighted by atomic mass is 9.88. The first-order chi connectivity index (χ1) is 15.8. The highest BCUT2D eigenvalue weighted by Crippen LogP contribution is 2.43. The molecule has 0 saturated carbocycles. The average Bonchev–Trinajstić information content (AvgIpc) is 3.23. The lowest BCUT2D eigenvalue weighted by Gasteiger charge is -2.47. The predicted molar refractivity (Wildman–Crippen MR) is 136 cm³/mol. The van der Waals surface area contributed by atoms with Gasteiger partial charge in [0.15, 0.2) is 0 Å². The Morgan fingerprint density at radius 1 is 0.788 bits per heavy atom. The molecule has 2 aliphatic heterocycles. The van der Waals surface area contributed by atoms with Gasteiger partial charge in [0.2, 0.25) is 0 Å². The van der Waals surface area contributed by atoms with Gasteiger partial charge < -0.3 is 19.4 Å². The number of para-hydroxylation sites is 1. The summed E-state index contributed by atoms with van der Waals surface area (Å²) in [6.07, 6.45) is 4.17. The van der Waals surface area contributed by atoms with Gasteiger partial charge >= 0.3 is 0 Å². The third kappa shape index (κ3) is 4.05. The molecule has 2 heterocycles. The number of rotatable bonds is 4. The highest BCUT2D eigenvalue weighted by atomic mass is 16.5. The van der Waals surface area contributed by atoms with E-state index in [0.717, 1.165) is 36.2 Å². The van der Waals surface area contributed by atoms with Gasteiger partial charge in [0.05, 0.1) is 13.3 Å². The summed E-state index contributed by atoms with van der Waals surface area (Å²) in [6, 6.07) is 23.5. The average molecular weight is 441 g/mol. The number of hydrogen-bond donors (Lipinski definition) is 0. The Hall–Kier alpha value is -3.44. The van der Waals surface area contributed by atoms with E-state index >= 15 is 0 Å². The number of anilines is 3. The third-order valence-electron chi connectivity index (χ3n) is 6.77. The quantitative estimate of drug-likeness (QED) is 0.477. The number of benzene rings is 3. The summed E-state index contributed by atoms with van der Waals surface area (Å²) in [6.45, 7) is 8.36. The van der Waals surface area contributed by atoms with Crippen LogP contribution in [0.25, 0.3) is 0 Å². The van der Waals surface area contributed by atoms with E-state index in [9.17, 15) is 0 Å². The van der Waals surface area contributed by atoms with Crippen molar-refractivity contribution in [3.8, 4) is 11.5 Å². The molecular formula is C28H32N4O. The van der Waals surface area contributed by atoms with Gasteiger partial charge in [-0.2, -0.15) is 0 Å². The molecular weight excluding hydrogens is 408 g/mol. The SMILES string of the molecule is Cc1cc(Oc2cccc(N3C=CN(C)C3)c2)cc(N2CN(C)C(C)(C)c3ccccc32)c1. The van der Waals surface area contributed by atoms with E-state index in [4.69, 9.17) is 4.74 Å². The van der Waals surface area contributed by atoms with Crippen LogP contribution in [0.15, 0.2) is 79.1 Å². The van der Waals surface area contributed by atoms with Crippen LogP contribution in [-0.4, -0.2) is 37.2 Å². The summed E-state index contributed by atoms with van der Waals surface area (Å²) in [4.78, 5) is 9.12. The molecule has 0 amide bonds. The summed E-state index contributed by atoms with van der Waals surface area (Å²) in [5, 5.41) is 0. The summed E-state index contributed by atoms with van der Waals surface area (Å²) in [5.41, 5.74) is 6.00. The van der Waals surface area contributed by atoms with Crippen molar-refractivity contribution in [1.29, 1.82) is 0 Å². The molecule has 0 N–H and O–H groups in total. The topological polar surface area (TPSA) is 22.2 Å². The largest absolute Gasteiger partial charge is 0.457 e. The Morgan fingerprint density at radius 3 is 2.36 bits per heavy atom. The minimum absolute atomic E-state index is 0.0191. The van der Waals surface area contributed by atoms with E-state index in [1.807, 2.05) is 12.1 Å². The molecule has 33 heavy (non-hydrogen) atoms. The van der Waals surface area contributed by atoms with Crippen molar-refractivity contribution in [2.24, 2.45) is 0 Å². The summed E-state index contributed by atoms with van der Waals surface area (Å²) >= 11 is 0. The molecule has 5 heteroatoms. The molecule has 0 bridgehead atoms. The number of fused-ring (bicyclic) bond motifs is 1. The van der Waals surface area contributed by atoms with E-state index in [1.165, 1.54) is 16.8 Å². The van der Waals surface area contributed by atoms with E-state index in [2.05, 4.69) is 121 Å². The maximum absolute atomic E-state index is 6.37. The standard InChI is InChI=1S/C28H32N4O/c1-21-15-23(32-20-30(5)28(2,3)26-11-6-7-12-27(26)32)18-25(16-21)33-24-10-8-9-22(17-24)31-14-13-29(4)19-31/h6-18H,19-20H2,1-5H3. The predicted octanol–water partition coefficient (Wildman–Crippen LogP) is 6.24. The van der Waals surface area contributed by atoms with Crippen molar-refractivity contribution in [3.05, 3.63) is 90.3 Å².